The van der Waals surface area contributed by atoms with Crippen molar-refractivity contribution >= 4 is 53.2 Å². The first-order valence-corrected chi connectivity index (χ1v) is 25.5. The second-order valence-electron chi connectivity index (χ2n) is 19.1. The SMILES string of the molecule is CC(C)C[C@@H]1NC(=O)C(Cc2ccccc2)NC(=O)[C@H](CCN)NC(=O)[C@@H](NC(=O)[C@@H](CCN)NC(=O)CCCCCCCO)CCNC(=O)[C@H](CC(C)C)NC(=O)[C@H](CCN)NC(=O)[C@H](CCN)NC1=O. The Morgan fingerprint density at radius 3 is 1.53 bits per heavy atom. The highest BCUT2D eigenvalue weighted by molar-refractivity contribution is 5.98. The van der Waals surface area contributed by atoms with Crippen molar-refractivity contribution in [3.63, 3.8) is 0 Å². The number of rotatable bonds is 24. The molecule has 1 aromatic carbocycles. The number of aliphatic hydroxyl groups excluding tert-OH is 1. The fraction of sp³-hybridized carbons (Fsp3) is 0.694. The monoisotopic (exact) mass is 1020 g/mol. The van der Waals surface area contributed by atoms with Crippen molar-refractivity contribution in [3.05, 3.63) is 35.9 Å². The minimum absolute atomic E-state index is 0.00113. The van der Waals surface area contributed by atoms with Gasteiger partial charge in [0.15, 0.2) is 0 Å². The Labute approximate surface area is 424 Å². The molecule has 23 nitrogen and oxygen atoms in total. The van der Waals surface area contributed by atoms with Gasteiger partial charge in [-0.15, -0.1) is 0 Å². The molecule has 23 heteroatoms. The Morgan fingerprint density at radius 2 is 1.03 bits per heavy atom. The van der Waals surface area contributed by atoms with Gasteiger partial charge in [0, 0.05) is 26.0 Å². The lowest BCUT2D eigenvalue weighted by Crippen LogP contribution is -2.61. The van der Waals surface area contributed by atoms with Crippen LogP contribution in [0.3, 0.4) is 0 Å². The van der Waals surface area contributed by atoms with E-state index in [4.69, 9.17) is 28.0 Å². The van der Waals surface area contributed by atoms with Crippen LogP contribution in [-0.4, -0.2) is 146 Å². The van der Waals surface area contributed by atoms with E-state index in [1.807, 2.05) is 27.7 Å². The quantitative estimate of drug-likeness (QED) is 0.0475. The molecule has 72 heavy (non-hydrogen) atoms. The topological polar surface area (TPSA) is 386 Å². The van der Waals surface area contributed by atoms with E-state index in [0.717, 1.165) is 19.3 Å². The van der Waals surface area contributed by atoms with Gasteiger partial charge in [0.2, 0.25) is 53.2 Å². The largest absolute Gasteiger partial charge is 0.396 e. The number of benzene rings is 1. The molecular formula is C49H85N13O10. The van der Waals surface area contributed by atoms with Crippen molar-refractivity contribution in [2.24, 2.45) is 34.8 Å². The van der Waals surface area contributed by atoms with Crippen molar-refractivity contribution in [1.82, 2.24) is 47.9 Å². The van der Waals surface area contributed by atoms with E-state index in [-0.39, 0.29) is 109 Å². The normalized spacial score (nSPS) is 22.9. The molecule has 9 amide bonds. The maximum Gasteiger partial charge on any atom is 0.243 e. The summed E-state index contributed by atoms with van der Waals surface area (Å²) in [5.74, 6) is -6.74. The van der Waals surface area contributed by atoms with Crippen LogP contribution >= 0.6 is 0 Å². The molecule has 18 N–H and O–H groups in total. The molecule has 0 aromatic heterocycles. The maximum absolute atomic E-state index is 14.3. The molecule has 0 saturated carbocycles. The zero-order valence-corrected chi connectivity index (χ0v) is 42.7. The molecule has 1 aliphatic heterocycles. The van der Waals surface area contributed by atoms with E-state index in [1.54, 1.807) is 30.3 Å². The summed E-state index contributed by atoms with van der Waals surface area (Å²) in [5, 5.41) is 33.3. The Morgan fingerprint density at radius 1 is 0.583 bits per heavy atom. The first-order chi connectivity index (χ1) is 34.4. The van der Waals surface area contributed by atoms with E-state index in [2.05, 4.69) is 47.9 Å². The minimum atomic E-state index is -1.43. The molecule has 0 bridgehead atoms. The van der Waals surface area contributed by atoms with Gasteiger partial charge in [-0.05, 0) is 101 Å². The van der Waals surface area contributed by atoms with Gasteiger partial charge in [-0.3, -0.25) is 43.2 Å². The molecule has 8 atom stereocenters. The van der Waals surface area contributed by atoms with E-state index in [9.17, 15) is 43.2 Å². The third-order valence-electron chi connectivity index (χ3n) is 11.9. The molecule has 1 aliphatic rings. The fourth-order valence-corrected chi connectivity index (χ4v) is 8.04. The van der Waals surface area contributed by atoms with Crippen molar-refractivity contribution in [2.45, 2.75) is 166 Å². The number of carbonyl (C=O) groups excluding carboxylic acids is 9. The van der Waals surface area contributed by atoms with Gasteiger partial charge in [0.1, 0.15) is 48.3 Å². The molecule has 1 aromatic rings. The Balaban J connectivity index is 2.68. The highest BCUT2D eigenvalue weighted by Crippen LogP contribution is 2.12. The van der Waals surface area contributed by atoms with Crippen LogP contribution in [0.4, 0.5) is 0 Å². The van der Waals surface area contributed by atoms with E-state index >= 15 is 0 Å². The molecule has 1 heterocycles. The van der Waals surface area contributed by atoms with Gasteiger partial charge in [0.05, 0.1) is 0 Å². The standard InChI is InChI=1S/C49H85N13O10/c1-30(2)27-38-42(65)54-25-20-37(59-43(66)33(16-21-50)55-41(64)15-11-6-5-7-12-26-63)47(70)57-36(19-24-53)46(69)62-40(29-32-13-9-8-10-14-32)49(72)61-39(28-31(3)4)48(71)58-34(17-22-51)44(67)56-35(18-23-52)45(68)60-38/h8-10,13-14,30-31,33-40,63H,5-7,11-12,15-29,50-53H2,1-4H3,(H,54,65)(H,55,64)(H,56,67)(H,57,70)(H,58,71)(H,59,66)(H,60,68)(H,61,72)(H,62,69)/t33-,34+,35+,36+,37+,38+,39+,40?/m1/s1. The molecule has 0 aliphatic carbocycles. The number of unbranched alkanes of at least 4 members (excludes halogenated alkanes) is 4. The predicted molar refractivity (Wildman–Crippen MR) is 272 cm³/mol. The van der Waals surface area contributed by atoms with Crippen molar-refractivity contribution < 1.29 is 48.3 Å². The lowest BCUT2D eigenvalue weighted by molar-refractivity contribution is -0.136. The summed E-state index contributed by atoms with van der Waals surface area (Å²) >= 11 is 0. The zero-order chi connectivity index (χ0) is 53.6. The first kappa shape index (κ1) is 62.4. The second kappa shape index (κ2) is 34.6. The predicted octanol–water partition coefficient (Wildman–Crippen LogP) is -2.55. The fourth-order valence-electron chi connectivity index (χ4n) is 8.04. The summed E-state index contributed by atoms with van der Waals surface area (Å²) in [6.45, 7) is 6.99. The molecule has 1 saturated heterocycles. The van der Waals surface area contributed by atoms with Crippen LogP contribution in [0, 0.1) is 11.8 Å². The highest BCUT2D eigenvalue weighted by atomic mass is 16.3. The summed E-state index contributed by atoms with van der Waals surface area (Å²) in [7, 11) is 0. The van der Waals surface area contributed by atoms with Crippen LogP contribution in [-0.2, 0) is 49.6 Å². The van der Waals surface area contributed by atoms with Gasteiger partial charge >= 0.3 is 0 Å². The van der Waals surface area contributed by atoms with Gasteiger partial charge in [-0.25, -0.2) is 0 Å². The Bertz CT molecular complexity index is 1870. The molecule has 0 radical (unpaired) electrons. The average Bonchev–Trinajstić information content (AvgIpc) is 3.32. The molecule has 1 unspecified atom stereocenters. The van der Waals surface area contributed by atoms with Crippen LogP contribution in [0.15, 0.2) is 30.3 Å². The Hall–Kier alpha value is -5.75. The maximum atomic E-state index is 14.3. The summed E-state index contributed by atoms with van der Waals surface area (Å²) in [5.41, 5.74) is 24.2. The summed E-state index contributed by atoms with van der Waals surface area (Å²) in [6.07, 6.45) is 3.47. The van der Waals surface area contributed by atoms with Gasteiger partial charge in [-0.2, -0.15) is 0 Å². The summed E-state index contributed by atoms with van der Waals surface area (Å²) < 4.78 is 0. The highest BCUT2D eigenvalue weighted by Gasteiger charge is 2.35. The number of aliphatic hydroxyl groups is 1. The lowest BCUT2D eigenvalue weighted by atomic mass is 10.00. The Kier molecular flexibility index (Phi) is 30.0. The van der Waals surface area contributed by atoms with Crippen molar-refractivity contribution in [2.75, 3.05) is 39.3 Å². The number of amides is 9. The number of hydrogen-bond acceptors (Lipinski definition) is 14. The van der Waals surface area contributed by atoms with E-state index in [1.165, 1.54) is 0 Å². The van der Waals surface area contributed by atoms with Crippen LogP contribution in [0.5, 0.6) is 0 Å². The smallest absolute Gasteiger partial charge is 0.243 e. The van der Waals surface area contributed by atoms with Crippen molar-refractivity contribution in [1.29, 1.82) is 0 Å². The van der Waals surface area contributed by atoms with Gasteiger partial charge < -0.3 is 75.9 Å². The van der Waals surface area contributed by atoms with E-state index < -0.39 is 101 Å². The molecule has 0 spiro atoms. The molecular weight excluding hydrogens is 931 g/mol. The lowest BCUT2D eigenvalue weighted by Gasteiger charge is -2.28. The van der Waals surface area contributed by atoms with Gasteiger partial charge in [-0.1, -0.05) is 77.3 Å². The van der Waals surface area contributed by atoms with Crippen LogP contribution < -0.4 is 70.8 Å². The average molecular weight is 1020 g/mol. The molecule has 1 fully saturated rings. The van der Waals surface area contributed by atoms with Crippen LogP contribution in [0.2, 0.25) is 0 Å². The first-order valence-electron chi connectivity index (χ1n) is 25.5. The van der Waals surface area contributed by atoms with Crippen molar-refractivity contribution in [3.8, 4) is 0 Å². The summed E-state index contributed by atoms with van der Waals surface area (Å²) in [6, 6.07) is -1.38. The number of nitrogens with two attached hydrogens (primary N) is 4. The number of carbonyl (C=O) groups is 9. The summed E-state index contributed by atoms with van der Waals surface area (Å²) in [4.78, 5) is 126. The molecule has 406 valence electrons. The third kappa shape index (κ3) is 23.7. The zero-order valence-electron chi connectivity index (χ0n) is 42.7. The minimum Gasteiger partial charge on any atom is -0.396 e. The second-order valence-corrected chi connectivity index (χ2v) is 19.1. The van der Waals surface area contributed by atoms with Gasteiger partial charge in [0.25, 0.3) is 0 Å². The molecule has 2 rings (SSSR count). The van der Waals surface area contributed by atoms with E-state index in [0.29, 0.717) is 18.4 Å². The van der Waals surface area contributed by atoms with Crippen LogP contribution in [0.25, 0.3) is 0 Å². The number of nitrogens with one attached hydrogen (secondary N) is 9. The number of hydrogen-bond donors (Lipinski definition) is 14. The third-order valence-corrected chi connectivity index (χ3v) is 11.9. The van der Waals surface area contributed by atoms with Crippen LogP contribution in [0.1, 0.15) is 117 Å².